The van der Waals surface area contributed by atoms with E-state index in [0.717, 1.165) is 56.9 Å². The van der Waals surface area contributed by atoms with Gasteiger partial charge < -0.3 is 20.9 Å². The molecule has 0 aromatic carbocycles. The van der Waals surface area contributed by atoms with Crippen molar-refractivity contribution in [2.45, 2.75) is 25.3 Å². The molecule has 1 aromatic rings. The van der Waals surface area contributed by atoms with Crippen LogP contribution < -0.4 is 16.0 Å². The number of aromatic nitrogens is 1. The van der Waals surface area contributed by atoms with Gasteiger partial charge in [-0.25, -0.2) is 9.78 Å². The van der Waals surface area contributed by atoms with Crippen LogP contribution in [0.3, 0.4) is 0 Å². The summed E-state index contributed by atoms with van der Waals surface area (Å²) in [6.07, 6.45) is 4.77. The summed E-state index contributed by atoms with van der Waals surface area (Å²) in [5.74, 6) is 0.869. The summed E-state index contributed by atoms with van der Waals surface area (Å²) >= 11 is 0. The Kier molecular flexibility index (Phi) is 3.62. The van der Waals surface area contributed by atoms with E-state index in [1.807, 2.05) is 17.0 Å². The summed E-state index contributed by atoms with van der Waals surface area (Å²) in [7, 11) is 0. The Bertz CT molecular complexity index is 484. The SMILES string of the molecule is Nc1cccnc1N1CCC(N2CCCNC2=O)CC1. The van der Waals surface area contributed by atoms with Crippen LogP contribution >= 0.6 is 0 Å². The lowest BCUT2D eigenvalue weighted by Gasteiger charge is -2.40. The summed E-state index contributed by atoms with van der Waals surface area (Å²) in [6, 6.07) is 4.17. The van der Waals surface area contributed by atoms with E-state index in [-0.39, 0.29) is 6.03 Å². The minimum atomic E-state index is 0.0899. The molecule has 0 unspecified atom stereocenters. The quantitative estimate of drug-likeness (QED) is 0.846. The first-order valence-electron chi connectivity index (χ1n) is 7.25. The van der Waals surface area contributed by atoms with Gasteiger partial charge in [0.1, 0.15) is 0 Å². The number of carbonyl (C=O) groups is 1. The van der Waals surface area contributed by atoms with E-state index in [0.29, 0.717) is 6.04 Å². The number of urea groups is 1. The predicted molar refractivity (Wildman–Crippen MR) is 78.6 cm³/mol. The Labute approximate surface area is 118 Å². The molecule has 6 heteroatoms. The summed E-state index contributed by atoms with van der Waals surface area (Å²) in [4.78, 5) is 20.4. The topological polar surface area (TPSA) is 74.5 Å². The Balaban J connectivity index is 1.62. The average Bonchev–Trinajstić information content (AvgIpc) is 2.49. The fourth-order valence-electron chi connectivity index (χ4n) is 3.06. The third kappa shape index (κ3) is 2.50. The molecule has 3 N–H and O–H groups in total. The fourth-order valence-corrected chi connectivity index (χ4v) is 3.06. The van der Waals surface area contributed by atoms with Crippen molar-refractivity contribution >= 4 is 17.5 Å². The highest BCUT2D eigenvalue weighted by molar-refractivity contribution is 5.75. The zero-order chi connectivity index (χ0) is 13.9. The van der Waals surface area contributed by atoms with Gasteiger partial charge in [0, 0.05) is 38.4 Å². The number of amides is 2. The first-order valence-corrected chi connectivity index (χ1v) is 7.25. The maximum Gasteiger partial charge on any atom is 0.317 e. The fraction of sp³-hybridized carbons (Fsp3) is 0.571. The summed E-state index contributed by atoms with van der Waals surface area (Å²) in [5.41, 5.74) is 6.70. The van der Waals surface area contributed by atoms with Crippen molar-refractivity contribution < 1.29 is 4.79 Å². The molecule has 0 atom stereocenters. The van der Waals surface area contributed by atoms with Crippen LogP contribution in [0.25, 0.3) is 0 Å². The van der Waals surface area contributed by atoms with Gasteiger partial charge in [-0.05, 0) is 31.4 Å². The second kappa shape index (κ2) is 5.56. The predicted octanol–water partition coefficient (Wildman–Crippen LogP) is 1.05. The monoisotopic (exact) mass is 275 g/mol. The van der Waals surface area contributed by atoms with Crippen LogP contribution in [0.1, 0.15) is 19.3 Å². The standard InChI is InChI=1S/C14H21N5O/c15-12-3-1-6-16-13(12)18-9-4-11(5-10-18)19-8-2-7-17-14(19)20/h1,3,6,11H,2,4-5,7-10,15H2,(H,17,20). The van der Waals surface area contributed by atoms with Crippen LogP contribution in [0, 0.1) is 0 Å². The van der Waals surface area contributed by atoms with Gasteiger partial charge in [0.25, 0.3) is 0 Å². The third-order valence-corrected chi connectivity index (χ3v) is 4.13. The maximum absolute atomic E-state index is 11.9. The molecular formula is C14H21N5O. The van der Waals surface area contributed by atoms with E-state index >= 15 is 0 Å². The lowest BCUT2D eigenvalue weighted by atomic mass is 10.0. The summed E-state index contributed by atoms with van der Waals surface area (Å²) in [6.45, 7) is 3.48. The van der Waals surface area contributed by atoms with Crippen LogP contribution in [0.15, 0.2) is 18.3 Å². The second-order valence-corrected chi connectivity index (χ2v) is 5.41. The van der Waals surface area contributed by atoms with E-state index in [4.69, 9.17) is 5.73 Å². The largest absolute Gasteiger partial charge is 0.396 e. The van der Waals surface area contributed by atoms with Crippen LogP contribution in [-0.2, 0) is 0 Å². The number of nitrogen functional groups attached to an aromatic ring is 1. The molecule has 2 fully saturated rings. The van der Waals surface area contributed by atoms with Crippen molar-refractivity contribution in [3.05, 3.63) is 18.3 Å². The average molecular weight is 275 g/mol. The van der Waals surface area contributed by atoms with E-state index in [9.17, 15) is 4.79 Å². The van der Waals surface area contributed by atoms with Gasteiger partial charge in [0.15, 0.2) is 5.82 Å². The van der Waals surface area contributed by atoms with Crippen molar-refractivity contribution in [2.24, 2.45) is 0 Å². The van der Waals surface area contributed by atoms with Crippen LogP contribution in [-0.4, -0.2) is 48.1 Å². The number of hydrogen-bond acceptors (Lipinski definition) is 4. The number of carbonyl (C=O) groups excluding carboxylic acids is 1. The van der Waals surface area contributed by atoms with Gasteiger partial charge in [-0.1, -0.05) is 0 Å². The molecule has 0 aliphatic carbocycles. The Morgan fingerprint density at radius 3 is 2.80 bits per heavy atom. The van der Waals surface area contributed by atoms with E-state index in [1.54, 1.807) is 6.20 Å². The molecule has 3 heterocycles. The smallest absolute Gasteiger partial charge is 0.317 e. The maximum atomic E-state index is 11.9. The second-order valence-electron chi connectivity index (χ2n) is 5.41. The molecule has 0 spiro atoms. The van der Waals surface area contributed by atoms with Crippen molar-refractivity contribution in [3.63, 3.8) is 0 Å². The third-order valence-electron chi connectivity index (χ3n) is 4.13. The number of hydrogen-bond donors (Lipinski definition) is 2. The molecule has 2 amide bonds. The molecule has 0 radical (unpaired) electrons. The molecule has 2 saturated heterocycles. The molecule has 1 aromatic heterocycles. The lowest BCUT2D eigenvalue weighted by Crippen LogP contribution is -2.54. The Morgan fingerprint density at radius 2 is 2.10 bits per heavy atom. The Hall–Kier alpha value is -1.98. The zero-order valence-corrected chi connectivity index (χ0v) is 11.6. The molecule has 2 aliphatic heterocycles. The highest BCUT2D eigenvalue weighted by Gasteiger charge is 2.30. The summed E-state index contributed by atoms with van der Waals surface area (Å²) in [5, 5.41) is 2.92. The summed E-state index contributed by atoms with van der Waals surface area (Å²) < 4.78 is 0. The van der Waals surface area contributed by atoms with E-state index in [1.165, 1.54) is 0 Å². The molecule has 0 bridgehead atoms. The number of nitrogens with two attached hydrogens (primary N) is 1. The first-order chi connectivity index (χ1) is 9.75. The van der Waals surface area contributed by atoms with Crippen molar-refractivity contribution in [1.29, 1.82) is 0 Å². The molecule has 6 nitrogen and oxygen atoms in total. The number of pyridine rings is 1. The number of anilines is 2. The molecule has 108 valence electrons. The Morgan fingerprint density at radius 1 is 1.30 bits per heavy atom. The molecule has 20 heavy (non-hydrogen) atoms. The molecule has 0 saturated carbocycles. The van der Waals surface area contributed by atoms with Crippen LogP contribution in [0.4, 0.5) is 16.3 Å². The zero-order valence-electron chi connectivity index (χ0n) is 11.6. The normalized spacial score (nSPS) is 20.9. The number of nitrogens with one attached hydrogen (secondary N) is 1. The molecule has 2 aliphatic rings. The van der Waals surface area contributed by atoms with Gasteiger partial charge in [0.05, 0.1) is 5.69 Å². The van der Waals surface area contributed by atoms with E-state index < -0.39 is 0 Å². The molecule has 3 rings (SSSR count). The molecular weight excluding hydrogens is 254 g/mol. The van der Waals surface area contributed by atoms with Gasteiger partial charge >= 0.3 is 6.03 Å². The number of piperidine rings is 1. The minimum Gasteiger partial charge on any atom is -0.396 e. The number of rotatable bonds is 2. The number of nitrogens with zero attached hydrogens (tertiary/aromatic N) is 3. The van der Waals surface area contributed by atoms with Gasteiger partial charge in [-0.3, -0.25) is 0 Å². The van der Waals surface area contributed by atoms with Crippen LogP contribution in [0.5, 0.6) is 0 Å². The van der Waals surface area contributed by atoms with Crippen molar-refractivity contribution in [3.8, 4) is 0 Å². The lowest BCUT2D eigenvalue weighted by molar-refractivity contribution is 0.149. The van der Waals surface area contributed by atoms with Gasteiger partial charge in [-0.15, -0.1) is 0 Å². The minimum absolute atomic E-state index is 0.0899. The van der Waals surface area contributed by atoms with Gasteiger partial charge in [-0.2, -0.15) is 0 Å². The van der Waals surface area contributed by atoms with Crippen molar-refractivity contribution in [2.75, 3.05) is 36.8 Å². The van der Waals surface area contributed by atoms with E-state index in [2.05, 4.69) is 15.2 Å². The van der Waals surface area contributed by atoms with Crippen molar-refractivity contribution in [1.82, 2.24) is 15.2 Å². The van der Waals surface area contributed by atoms with Crippen LogP contribution in [0.2, 0.25) is 0 Å². The highest BCUT2D eigenvalue weighted by Crippen LogP contribution is 2.25. The first kappa shape index (κ1) is 13.0. The van der Waals surface area contributed by atoms with Gasteiger partial charge in [0.2, 0.25) is 0 Å². The highest BCUT2D eigenvalue weighted by atomic mass is 16.2.